The molecule has 8 aromatic rings. The third-order valence-electron chi connectivity index (χ3n) is 20.0. The first-order valence-corrected chi connectivity index (χ1v) is 51.7. The lowest BCUT2D eigenvalue weighted by atomic mass is 9.83. The number of hydrogen-bond donors (Lipinski definition) is 0. The second-order valence-electron chi connectivity index (χ2n) is 40.0. The summed E-state index contributed by atoms with van der Waals surface area (Å²) in [4.78, 5) is 0. The van der Waals surface area contributed by atoms with Crippen LogP contribution in [0.1, 0.15) is 204 Å². The van der Waals surface area contributed by atoms with Gasteiger partial charge in [-0.2, -0.15) is 0 Å². The fraction of sp³-hybridized carbons (Fsp3) is 0.522. The molecule has 0 aliphatic rings. The number of nitrogens with zero attached hydrogens (tertiary/aromatic N) is 4. The summed E-state index contributed by atoms with van der Waals surface area (Å²) in [6.07, 6.45) is 10.8. The fourth-order valence-corrected chi connectivity index (χ4v) is 21.1. The van der Waals surface area contributed by atoms with Gasteiger partial charge in [-0.1, -0.05) is 264 Å². The van der Waals surface area contributed by atoms with Gasteiger partial charge in [-0.05, 0) is 165 Å². The van der Waals surface area contributed by atoms with Crippen molar-refractivity contribution in [2.75, 3.05) is 0 Å². The molecule has 0 aliphatic carbocycles. The van der Waals surface area contributed by atoms with E-state index in [1.165, 1.54) is 112 Å². The monoisotopic (exact) mass is 1420 g/mol. The lowest BCUT2D eigenvalue weighted by molar-refractivity contribution is -0.659. The van der Waals surface area contributed by atoms with E-state index >= 15 is 0 Å². The molecule has 100 heavy (non-hydrogen) atoms. The number of rotatable bonds is 11. The zero-order valence-electron chi connectivity index (χ0n) is 71.7. The predicted molar refractivity (Wildman–Crippen MR) is 454 cm³/mol. The number of aromatic nitrogens is 4. The van der Waals surface area contributed by atoms with E-state index in [-0.39, 0.29) is 27.1 Å². The summed E-state index contributed by atoms with van der Waals surface area (Å²) in [7, 11) is 3.18. The minimum Gasteiger partial charge on any atom is -0.201 e. The number of benzene rings is 4. The minimum absolute atomic E-state index is 0.147. The van der Waals surface area contributed by atoms with Gasteiger partial charge in [-0.25, -0.2) is 18.3 Å². The van der Waals surface area contributed by atoms with Gasteiger partial charge in [-0.15, -0.1) is 0 Å². The van der Waals surface area contributed by atoms with Gasteiger partial charge in [0.25, 0.3) is 0 Å². The van der Waals surface area contributed by atoms with Crippen molar-refractivity contribution in [1.29, 1.82) is 0 Å². The molecule has 0 radical (unpaired) electrons. The van der Waals surface area contributed by atoms with E-state index in [2.05, 4.69) is 413 Å². The Labute approximate surface area is 619 Å². The summed E-state index contributed by atoms with van der Waals surface area (Å²) in [5, 5.41) is 6.29. The molecule has 4 aromatic carbocycles. The van der Waals surface area contributed by atoms with Crippen LogP contribution in [0.15, 0.2) is 122 Å². The van der Waals surface area contributed by atoms with E-state index in [1.807, 2.05) is 0 Å². The van der Waals surface area contributed by atoms with Crippen molar-refractivity contribution in [3.63, 3.8) is 0 Å². The molecule has 4 nitrogen and oxygen atoms in total. The summed E-state index contributed by atoms with van der Waals surface area (Å²) in [6.45, 7) is 84.5. The molecule has 0 bridgehead atoms. The molecular formula is C92H144N4Si4+4. The molecule has 8 heteroatoms. The molecule has 0 atom stereocenters. The van der Waals surface area contributed by atoms with E-state index in [0.29, 0.717) is 11.8 Å². The lowest BCUT2D eigenvalue weighted by Crippen LogP contribution is -2.49. The van der Waals surface area contributed by atoms with Gasteiger partial charge in [0, 0.05) is 67.3 Å². The van der Waals surface area contributed by atoms with Crippen LogP contribution in [0.4, 0.5) is 0 Å². The van der Waals surface area contributed by atoms with Gasteiger partial charge >= 0.3 is 0 Å². The maximum atomic E-state index is 2.47. The van der Waals surface area contributed by atoms with E-state index in [9.17, 15) is 0 Å². The Morgan fingerprint density at radius 1 is 0.310 bits per heavy atom. The van der Waals surface area contributed by atoms with Crippen molar-refractivity contribution in [2.45, 2.75) is 284 Å². The average Bonchev–Trinajstić information content (AvgIpc) is 0.780. The minimum atomic E-state index is -1.42. The zero-order chi connectivity index (χ0) is 76.7. The highest BCUT2D eigenvalue weighted by Gasteiger charge is 2.36. The molecule has 0 aliphatic heterocycles. The smallest absolute Gasteiger partial charge is 0.201 e. The Bertz CT molecular complexity index is 4190. The predicted octanol–water partition coefficient (Wildman–Crippen LogP) is 21.2. The third-order valence-corrected chi connectivity index (χ3v) is 28.1. The summed E-state index contributed by atoms with van der Waals surface area (Å²) in [6, 6.07) is 37.4. The molecule has 0 saturated carbocycles. The van der Waals surface area contributed by atoms with Crippen molar-refractivity contribution in [3.05, 3.63) is 189 Å². The SMILES string of the molecule is Cc1ccc(C(C)(C)C)cc1-c1cc(C(C)(C)C)c([Si](C)(C)C)c[n+]1C.Cc1ccc(C(C)C)cc1-c1cc(C(C)(C)C)c([Si](C)(C)C)c[n+]1C.Cc1ccc(C)c(-c2cc(C(C)(C)C)c([Si](C)(C)C)c[n+]2C)c1.Cc1ccc(CC(C)C)cc1-c1cc(C(C)(C)C)c([Si](C)(C)C)c[n+]1C. The van der Waals surface area contributed by atoms with Crippen molar-refractivity contribution in [1.82, 2.24) is 0 Å². The molecule has 0 unspecified atom stereocenters. The summed E-state index contributed by atoms with van der Waals surface area (Å²) in [5.41, 5.74) is 28.5. The third kappa shape index (κ3) is 21.7. The van der Waals surface area contributed by atoms with Gasteiger partial charge in [-0.3, -0.25) is 0 Å². The van der Waals surface area contributed by atoms with Crippen molar-refractivity contribution in [3.8, 4) is 45.0 Å². The van der Waals surface area contributed by atoms with E-state index in [1.54, 1.807) is 20.7 Å². The largest absolute Gasteiger partial charge is 0.212 e. The standard InChI is InChI=1S/2C24H38NSi.C23H36NSi.C21H32NSi/c1-17-12-13-18(23(2,3)4)14-19(17)21-15-20(24(5,6)7)22(16-25(21)8)26(9,10)11;1-17(2)13-19-12-11-18(3)20(14-19)22-15-21(24(4,5)6)23(16-25(22)7)26(8,9)10;1-16(2)18-12-11-17(3)19(13-18)21-14-20(23(4,5)6)22(15-24(21)7)25(8,9)10;1-15-10-11-16(2)17(12-15)19-13-18(21(3,4)5)20(14-22(19)6)23(7,8)9/h12-16H,1-11H3;11-12,14-17H,13H2,1-10H3;11-16H,1-10H3;10-14H,1-9H3/q4*+1. The Morgan fingerprint density at radius 3 is 0.860 bits per heavy atom. The van der Waals surface area contributed by atoms with E-state index < -0.39 is 32.3 Å². The van der Waals surface area contributed by atoms with Crippen molar-refractivity contribution in [2.24, 2.45) is 34.1 Å². The van der Waals surface area contributed by atoms with Crippen LogP contribution >= 0.6 is 0 Å². The second-order valence-corrected chi connectivity index (χ2v) is 60.1. The topological polar surface area (TPSA) is 15.5 Å². The number of hydrogen-bond acceptors (Lipinski definition) is 0. The second kappa shape index (κ2) is 31.4. The summed E-state index contributed by atoms with van der Waals surface area (Å²) < 4.78 is 9.36. The Morgan fingerprint density at radius 2 is 0.580 bits per heavy atom. The van der Waals surface area contributed by atoms with E-state index in [0.717, 1.165) is 6.42 Å². The first kappa shape index (κ1) is 85.0. The quantitative estimate of drug-likeness (QED) is 0.0906. The van der Waals surface area contributed by atoms with Crippen LogP contribution in [-0.2, 0) is 61.7 Å². The van der Waals surface area contributed by atoms with Gasteiger partial charge in [0.05, 0.1) is 32.3 Å². The maximum absolute atomic E-state index is 2.47. The van der Waals surface area contributed by atoms with Gasteiger partial charge < -0.3 is 0 Å². The van der Waals surface area contributed by atoms with Crippen LogP contribution < -0.4 is 39.0 Å². The molecule has 4 aromatic heterocycles. The van der Waals surface area contributed by atoms with Gasteiger partial charge in [0.15, 0.2) is 24.8 Å². The van der Waals surface area contributed by atoms with E-state index in [4.69, 9.17) is 0 Å². The highest BCUT2D eigenvalue weighted by Crippen LogP contribution is 2.35. The molecule has 0 saturated heterocycles. The van der Waals surface area contributed by atoms with Crippen molar-refractivity contribution < 1.29 is 18.3 Å². The van der Waals surface area contributed by atoms with Crippen LogP contribution in [0, 0.1) is 40.5 Å². The molecule has 544 valence electrons. The normalized spacial score (nSPS) is 12.8. The maximum Gasteiger partial charge on any atom is 0.212 e. The molecule has 8 rings (SSSR count). The summed E-state index contributed by atoms with van der Waals surface area (Å²) >= 11 is 0. The lowest BCUT2D eigenvalue weighted by Gasteiger charge is -2.28. The molecule has 0 fully saturated rings. The zero-order valence-corrected chi connectivity index (χ0v) is 75.7. The van der Waals surface area contributed by atoms with Gasteiger partial charge in [0.2, 0.25) is 22.8 Å². The molecule has 4 heterocycles. The van der Waals surface area contributed by atoms with Crippen LogP contribution in [0.5, 0.6) is 0 Å². The highest BCUT2D eigenvalue weighted by atomic mass is 28.3. The average molecular weight is 1420 g/mol. The molecular weight excluding hydrogens is 1270 g/mol. The fourth-order valence-electron chi connectivity index (χ4n) is 13.7. The Balaban J connectivity index is 0.000000241. The Hall–Kier alpha value is -5.65. The highest BCUT2D eigenvalue weighted by molar-refractivity contribution is 6.90. The Kier molecular flexibility index (Phi) is 26.6. The van der Waals surface area contributed by atoms with Crippen LogP contribution in [0.25, 0.3) is 45.0 Å². The first-order valence-electron chi connectivity index (χ1n) is 37.7. The number of pyridine rings is 4. The van der Waals surface area contributed by atoms with Crippen LogP contribution in [0.2, 0.25) is 78.6 Å². The number of aryl methyl sites for hydroxylation is 9. The van der Waals surface area contributed by atoms with Crippen molar-refractivity contribution >= 4 is 53.0 Å². The van der Waals surface area contributed by atoms with Crippen LogP contribution in [-0.4, -0.2) is 32.3 Å². The molecule has 0 spiro atoms. The van der Waals surface area contributed by atoms with Crippen LogP contribution in [0.3, 0.4) is 0 Å². The summed E-state index contributed by atoms with van der Waals surface area (Å²) in [5.74, 6) is 1.23. The first-order chi connectivity index (χ1) is 45.2. The molecule has 0 N–H and O–H groups in total. The van der Waals surface area contributed by atoms with Gasteiger partial charge in [0.1, 0.15) is 28.2 Å². The molecule has 0 amide bonds.